The molecule has 1 amide bonds. The molecule has 0 aliphatic rings. The highest BCUT2D eigenvalue weighted by Gasteiger charge is 2.32. The third kappa shape index (κ3) is 2.85. The lowest BCUT2D eigenvalue weighted by atomic mass is 10.4. The fourth-order valence-electron chi connectivity index (χ4n) is 0.488. The summed E-state index contributed by atoms with van der Waals surface area (Å²) in [5, 5.41) is 2.08. The standard InChI is InChI=1S/C5H11NO4S/c1-4(7)6-5(2,3)11(8,9)10/h1-3H3,(H,6,7)(H,8,9,10). The molecule has 0 aromatic carbocycles. The lowest BCUT2D eigenvalue weighted by molar-refractivity contribution is -0.119. The van der Waals surface area contributed by atoms with Crippen LogP contribution in [0.15, 0.2) is 0 Å². The molecule has 0 aliphatic carbocycles. The minimum atomic E-state index is -4.23. The number of carbonyl (C=O) groups excluding carboxylic acids is 1. The van der Waals surface area contributed by atoms with Gasteiger partial charge in [0.25, 0.3) is 10.1 Å². The first-order valence-corrected chi connectivity index (χ1v) is 4.36. The van der Waals surface area contributed by atoms with Crippen LogP contribution in [0.4, 0.5) is 0 Å². The minimum Gasteiger partial charge on any atom is -0.336 e. The summed E-state index contributed by atoms with van der Waals surface area (Å²) in [7, 11) is -4.23. The van der Waals surface area contributed by atoms with Gasteiger partial charge in [-0.1, -0.05) is 0 Å². The molecule has 0 unspecified atom stereocenters. The fourth-order valence-corrected chi connectivity index (χ4v) is 0.761. The first-order valence-electron chi connectivity index (χ1n) is 2.92. The fraction of sp³-hybridized carbons (Fsp3) is 0.800. The van der Waals surface area contributed by atoms with Gasteiger partial charge in [-0.3, -0.25) is 9.35 Å². The molecule has 0 heterocycles. The Bertz CT molecular complexity index is 254. The zero-order valence-electron chi connectivity index (χ0n) is 6.58. The van der Waals surface area contributed by atoms with Gasteiger partial charge in [-0.05, 0) is 13.8 Å². The van der Waals surface area contributed by atoms with E-state index in [0.29, 0.717) is 0 Å². The highest BCUT2D eigenvalue weighted by atomic mass is 32.2. The quantitative estimate of drug-likeness (QED) is 0.575. The topological polar surface area (TPSA) is 83.5 Å². The Morgan fingerprint density at radius 1 is 1.45 bits per heavy atom. The van der Waals surface area contributed by atoms with Gasteiger partial charge in [0.1, 0.15) is 0 Å². The molecule has 11 heavy (non-hydrogen) atoms. The summed E-state index contributed by atoms with van der Waals surface area (Å²) >= 11 is 0. The van der Waals surface area contributed by atoms with Crippen molar-refractivity contribution in [1.82, 2.24) is 5.32 Å². The van der Waals surface area contributed by atoms with Gasteiger partial charge in [-0.15, -0.1) is 0 Å². The van der Waals surface area contributed by atoms with Crippen LogP contribution in [0.25, 0.3) is 0 Å². The van der Waals surface area contributed by atoms with Gasteiger partial charge in [0.15, 0.2) is 4.87 Å². The predicted octanol–water partition coefficient (Wildman–Crippen LogP) is -0.254. The molecule has 2 N–H and O–H groups in total. The first-order chi connectivity index (χ1) is 4.67. The number of carbonyl (C=O) groups is 1. The van der Waals surface area contributed by atoms with E-state index >= 15 is 0 Å². The molecule has 0 rings (SSSR count). The summed E-state index contributed by atoms with van der Waals surface area (Å²) in [6, 6.07) is 0. The molecule has 0 saturated carbocycles. The average molecular weight is 181 g/mol. The molecule has 0 bridgehead atoms. The molecule has 66 valence electrons. The SMILES string of the molecule is CC(=O)NC(C)(C)S(=O)(=O)O. The van der Waals surface area contributed by atoms with Crippen molar-refractivity contribution in [2.45, 2.75) is 25.6 Å². The van der Waals surface area contributed by atoms with Crippen LogP contribution in [0.3, 0.4) is 0 Å². The largest absolute Gasteiger partial charge is 0.336 e. The summed E-state index contributed by atoms with van der Waals surface area (Å²) in [6.45, 7) is 3.57. The van der Waals surface area contributed by atoms with Crippen LogP contribution in [0.2, 0.25) is 0 Å². The summed E-state index contributed by atoms with van der Waals surface area (Å²) in [6.07, 6.45) is 0. The van der Waals surface area contributed by atoms with Crippen molar-refractivity contribution in [2.24, 2.45) is 0 Å². The molecule has 0 spiro atoms. The summed E-state index contributed by atoms with van der Waals surface area (Å²) in [5.74, 6) is -0.507. The van der Waals surface area contributed by atoms with Crippen molar-refractivity contribution in [2.75, 3.05) is 0 Å². The lowest BCUT2D eigenvalue weighted by Gasteiger charge is -2.21. The van der Waals surface area contributed by atoms with Gasteiger partial charge in [0, 0.05) is 6.92 Å². The molecule has 6 heteroatoms. The van der Waals surface area contributed by atoms with Crippen LogP contribution < -0.4 is 5.32 Å². The Kier molecular flexibility index (Phi) is 2.63. The highest BCUT2D eigenvalue weighted by molar-refractivity contribution is 7.87. The van der Waals surface area contributed by atoms with Gasteiger partial charge < -0.3 is 5.32 Å². The molecule has 0 aliphatic heterocycles. The predicted molar refractivity (Wildman–Crippen MR) is 39.4 cm³/mol. The third-order valence-corrected chi connectivity index (χ3v) is 2.51. The monoisotopic (exact) mass is 181 g/mol. The second-order valence-corrected chi connectivity index (χ2v) is 4.64. The van der Waals surface area contributed by atoms with Crippen LogP contribution in [0.5, 0.6) is 0 Å². The Morgan fingerprint density at radius 3 is 1.91 bits per heavy atom. The van der Waals surface area contributed by atoms with Crippen molar-refractivity contribution >= 4 is 16.0 Å². The molecule has 0 fully saturated rings. The molecule has 0 saturated heterocycles. The Labute approximate surface area is 65.5 Å². The maximum atomic E-state index is 10.5. The van der Waals surface area contributed by atoms with Gasteiger partial charge in [0.05, 0.1) is 0 Å². The second-order valence-electron chi connectivity index (χ2n) is 2.67. The first kappa shape index (κ1) is 10.4. The zero-order chi connectivity index (χ0) is 9.28. The van der Waals surface area contributed by atoms with Crippen LogP contribution >= 0.6 is 0 Å². The number of hydrogen-bond acceptors (Lipinski definition) is 3. The minimum absolute atomic E-state index is 0.507. The number of nitrogens with one attached hydrogen (secondary N) is 1. The van der Waals surface area contributed by atoms with Crippen molar-refractivity contribution in [3.63, 3.8) is 0 Å². The van der Waals surface area contributed by atoms with E-state index in [1.54, 1.807) is 0 Å². The lowest BCUT2D eigenvalue weighted by Crippen LogP contribution is -2.48. The molecule has 0 aromatic rings. The van der Waals surface area contributed by atoms with E-state index < -0.39 is 20.9 Å². The van der Waals surface area contributed by atoms with Gasteiger partial charge in [-0.2, -0.15) is 8.42 Å². The zero-order valence-corrected chi connectivity index (χ0v) is 7.40. The van der Waals surface area contributed by atoms with E-state index in [1.165, 1.54) is 20.8 Å². The molecular formula is C5H11NO4S. The van der Waals surface area contributed by atoms with Gasteiger partial charge in [-0.25, -0.2) is 0 Å². The average Bonchev–Trinajstić information content (AvgIpc) is 1.56. The number of amides is 1. The number of rotatable bonds is 2. The molecule has 0 atom stereocenters. The molecular weight excluding hydrogens is 170 g/mol. The van der Waals surface area contributed by atoms with Crippen LogP contribution in [0, 0.1) is 0 Å². The van der Waals surface area contributed by atoms with Crippen LogP contribution in [0.1, 0.15) is 20.8 Å². The van der Waals surface area contributed by atoms with Crippen LogP contribution in [-0.4, -0.2) is 23.7 Å². The molecule has 0 radical (unpaired) electrons. The van der Waals surface area contributed by atoms with E-state index in [1.807, 2.05) is 0 Å². The van der Waals surface area contributed by atoms with Crippen molar-refractivity contribution in [3.8, 4) is 0 Å². The van der Waals surface area contributed by atoms with Crippen LogP contribution in [-0.2, 0) is 14.9 Å². The highest BCUT2D eigenvalue weighted by Crippen LogP contribution is 2.09. The van der Waals surface area contributed by atoms with Crippen molar-refractivity contribution in [1.29, 1.82) is 0 Å². The van der Waals surface area contributed by atoms with Gasteiger partial charge in [0.2, 0.25) is 5.91 Å². The van der Waals surface area contributed by atoms with E-state index in [0.717, 1.165) is 0 Å². The summed E-state index contributed by atoms with van der Waals surface area (Å²) in [4.78, 5) is 8.81. The van der Waals surface area contributed by atoms with Gasteiger partial charge >= 0.3 is 0 Å². The van der Waals surface area contributed by atoms with E-state index in [9.17, 15) is 13.2 Å². The van der Waals surface area contributed by atoms with E-state index in [2.05, 4.69) is 5.32 Å². The number of hydrogen-bond donors (Lipinski definition) is 2. The van der Waals surface area contributed by atoms with Crippen molar-refractivity contribution < 1.29 is 17.8 Å². The smallest absolute Gasteiger partial charge is 0.288 e. The Balaban J connectivity index is 4.62. The van der Waals surface area contributed by atoms with E-state index in [4.69, 9.17) is 4.55 Å². The molecule has 0 aromatic heterocycles. The van der Waals surface area contributed by atoms with E-state index in [-0.39, 0.29) is 0 Å². The third-order valence-electron chi connectivity index (χ3n) is 1.12. The second kappa shape index (κ2) is 2.78. The Hall–Kier alpha value is -0.620. The molecule has 5 nitrogen and oxygen atoms in total. The normalized spacial score (nSPS) is 12.7. The van der Waals surface area contributed by atoms with Crippen molar-refractivity contribution in [3.05, 3.63) is 0 Å². The summed E-state index contributed by atoms with van der Waals surface area (Å²) in [5.41, 5.74) is 0. The Morgan fingerprint density at radius 2 is 1.82 bits per heavy atom. The maximum absolute atomic E-state index is 10.5. The maximum Gasteiger partial charge on any atom is 0.288 e. The summed E-state index contributed by atoms with van der Waals surface area (Å²) < 4.78 is 29.6.